The minimum atomic E-state index is -0.482. The van der Waals surface area contributed by atoms with Gasteiger partial charge in [0.1, 0.15) is 11.5 Å². The van der Waals surface area contributed by atoms with Crippen LogP contribution in [0.25, 0.3) is 10.8 Å². The number of amides is 2. The van der Waals surface area contributed by atoms with E-state index in [1.165, 1.54) is 0 Å². The minimum Gasteiger partial charge on any atom is -0.497 e. The van der Waals surface area contributed by atoms with Crippen LogP contribution in [0.2, 0.25) is 0 Å². The van der Waals surface area contributed by atoms with E-state index in [-0.39, 0.29) is 37.6 Å². The van der Waals surface area contributed by atoms with Gasteiger partial charge in [-0.2, -0.15) is 0 Å². The lowest BCUT2D eigenvalue weighted by Crippen LogP contribution is -2.31. The fourth-order valence-electron chi connectivity index (χ4n) is 2.65. The lowest BCUT2D eigenvalue weighted by atomic mass is 10.1. The summed E-state index contributed by atoms with van der Waals surface area (Å²) in [7, 11) is 1.59. The molecule has 2 aromatic carbocycles. The predicted octanol–water partition coefficient (Wildman–Crippen LogP) is 2.29. The Morgan fingerprint density at radius 3 is 2.29 bits per heavy atom. The van der Waals surface area contributed by atoms with Crippen molar-refractivity contribution < 1.29 is 23.9 Å². The number of likely N-dealkylation sites (tertiary alicyclic amines) is 1. The zero-order valence-corrected chi connectivity index (χ0v) is 13.3. The number of hydrogen-bond acceptors (Lipinski definition) is 5. The van der Waals surface area contributed by atoms with Crippen molar-refractivity contribution in [2.45, 2.75) is 19.3 Å². The topological polar surface area (TPSA) is 72.9 Å². The van der Waals surface area contributed by atoms with Crippen molar-refractivity contribution in [2.75, 3.05) is 13.7 Å². The molecular weight excluding hydrogens is 310 g/mol. The Morgan fingerprint density at radius 1 is 1.00 bits per heavy atom. The number of fused-ring (bicyclic) bond motifs is 1. The molecule has 0 aliphatic carbocycles. The highest BCUT2D eigenvalue weighted by Crippen LogP contribution is 2.25. The summed E-state index contributed by atoms with van der Waals surface area (Å²) < 4.78 is 10.5. The fourth-order valence-corrected chi connectivity index (χ4v) is 2.65. The summed E-state index contributed by atoms with van der Waals surface area (Å²) in [6.07, 6.45) is 0.425. The zero-order chi connectivity index (χ0) is 17.1. The van der Waals surface area contributed by atoms with Gasteiger partial charge in [-0.3, -0.25) is 19.3 Å². The third-order valence-corrected chi connectivity index (χ3v) is 3.94. The number of hydrogen-bond donors (Lipinski definition) is 0. The van der Waals surface area contributed by atoms with Gasteiger partial charge in [-0.25, -0.2) is 0 Å². The number of rotatable bonds is 5. The fraction of sp³-hybridized carbons (Fsp3) is 0.278. The third kappa shape index (κ3) is 3.37. The Bertz CT molecular complexity index is 798. The van der Waals surface area contributed by atoms with Crippen molar-refractivity contribution >= 4 is 28.6 Å². The van der Waals surface area contributed by atoms with E-state index < -0.39 is 5.97 Å². The Morgan fingerprint density at radius 2 is 1.62 bits per heavy atom. The minimum absolute atomic E-state index is 0.0202. The Kier molecular flexibility index (Phi) is 4.46. The lowest BCUT2D eigenvalue weighted by Gasteiger charge is -2.13. The van der Waals surface area contributed by atoms with Crippen molar-refractivity contribution in [1.29, 1.82) is 0 Å². The van der Waals surface area contributed by atoms with Gasteiger partial charge in [0.05, 0.1) is 13.5 Å². The van der Waals surface area contributed by atoms with Gasteiger partial charge in [-0.1, -0.05) is 12.1 Å². The molecule has 0 N–H and O–H groups in total. The number of carbonyl (C=O) groups excluding carboxylic acids is 3. The molecule has 24 heavy (non-hydrogen) atoms. The first-order valence-electron chi connectivity index (χ1n) is 7.68. The maximum Gasteiger partial charge on any atom is 0.312 e. The van der Waals surface area contributed by atoms with Crippen LogP contribution >= 0.6 is 0 Å². The van der Waals surface area contributed by atoms with Crippen molar-refractivity contribution in [3.8, 4) is 11.5 Å². The standard InChI is InChI=1S/C18H17NO5/c1-23-14-4-2-12-3-5-15(11-13(12)10-14)24-18(22)8-9-19-16(20)6-7-17(19)21/h2-5,10-11H,6-9H2,1H3. The van der Waals surface area contributed by atoms with E-state index in [9.17, 15) is 14.4 Å². The number of carbonyl (C=O) groups is 3. The second kappa shape index (κ2) is 6.70. The molecule has 0 spiro atoms. The molecule has 0 saturated carbocycles. The SMILES string of the molecule is COc1ccc2ccc(OC(=O)CCN3C(=O)CCC3=O)cc2c1. The first-order chi connectivity index (χ1) is 11.6. The molecule has 3 rings (SSSR count). The van der Waals surface area contributed by atoms with Crippen LogP contribution in [-0.4, -0.2) is 36.3 Å². The van der Waals surface area contributed by atoms with E-state index in [4.69, 9.17) is 9.47 Å². The monoisotopic (exact) mass is 327 g/mol. The Labute approximate surface area is 138 Å². The Balaban J connectivity index is 1.64. The van der Waals surface area contributed by atoms with Crippen molar-refractivity contribution in [3.63, 3.8) is 0 Å². The number of benzene rings is 2. The average Bonchev–Trinajstić information content (AvgIpc) is 2.90. The molecule has 0 aromatic heterocycles. The van der Waals surface area contributed by atoms with Crippen molar-refractivity contribution in [2.24, 2.45) is 0 Å². The van der Waals surface area contributed by atoms with Gasteiger partial charge in [-0.15, -0.1) is 0 Å². The summed E-state index contributed by atoms with van der Waals surface area (Å²) in [4.78, 5) is 36.1. The first-order valence-corrected chi connectivity index (χ1v) is 7.68. The molecule has 6 heteroatoms. The van der Waals surface area contributed by atoms with E-state index in [0.29, 0.717) is 5.75 Å². The van der Waals surface area contributed by atoms with Crippen LogP contribution in [0.1, 0.15) is 19.3 Å². The van der Waals surface area contributed by atoms with Gasteiger partial charge < -0.3 is 9.47 Å². The molecule has 2 amide bonds. The maximum atomic E-state index is 11.9. The summed E-state index contributed by atoms with van der Waals surface area (Å²) in [6.45, 7) is 0.0674. The summed E-state index contributed by atoms with van der Waals surface area (Å²) in [5.74, 6) is 0.192. The molecule has 6 nitrogen and oxygen atoms in total. The number of esters is 1. The molecule has 1 heterocycles. The lowest BCUT2D eigenvalue weighted by molar-refractivity contribution is -0.140. The highest BCUT2D eigenvalue weighted by atomic mass is 16.5. The maximum absolute atomic E-state index is 11.9. The highest BCUT2D eigenvalue weighted by Gasteiger charge is 2.29. The van der Waals surface area contributed by atoms with E-state index in [2.05, 4.69) is 0 Å². The van der Waals surface area contributed by atoms with Crippen molar-refractivity contribution in [1.82, 2.24) is 4.90 Å². The van der Waals surface area contributed by atoms with E-state index in [0.717, 1.165) is 21.4 Å². The molecule has 1 fully saturated rings. The second-order valence-electron chi connectivity index (χ2n) is 5.54. The summed E-state index contributed by atoms with van der Waals surface area (Å²) in [5, 5.41) is 1.90. The van der Waals surface area contributed by atoms with Gasteiger partial charge in [-0.05, 0) is 35.0 Å². The highest BCUT2D eigenvalue weighted by molar-refractivity contribution is 6.02. The molecule has 124 valence electrons. The van der Waals surface area contributed by atoms with Crippen LogP contribution in [-0.2, 0) is 14.4 Å². The Hall–Kier alpha value is -2.89. The normalized spacial score (nSPS) is 14.3. The van der Waals surface area contributed by atoms with Gasteiger partial charge in [0, 0.05) is 19.4 Å². The molecule has 1 aliphatic rings. The van der Waals surface area contributed by atoms with E-state index in [1.54, 1.807) is 19.2 Å². The number of nitrogens with zero attached hydrogens (tertiary/aromatic N) is 1. The van der Waals surface area contributed by atoms with Crippen LogP contribution in [0.5, 0.6) is 11.5 Å². The molecule has 0 bridgehead atoms. The van der Waals surface area contributed by atoms with Crippen LogP contribution in [0, 0.1) is 0 Å². The molecule has 2 aromatic rings. The van der Waals surface area contributed by atoms with Crippen LogP contribution in [0.15, 0.2) is 36.4 Å². The van der Waals surface area contributed by atoms with Crippen LogP contribution in [0.4, 0.5) is 0 Å². The van der Waals surface area contributed by atoms with Crippen molar-refractivity contribution in [3.05, 3.63) is 36.4 Å². The molecule has 0 unspecified atom stereocenters. The van der Waals surface area contributed by atoms with Gasteiger partial charge in [0.2, 0.25) is 11.8 Å². The average molecular weight is 327 g/mol. The molecular formula is C18H17NO5. The third-order valence-electron chi connectivity index (χ3n) is 3.94. The molecule has 0 radical (unpaired) electrons. The van der Waals surface area contributed by atoms with Crippen LogP contribution in [0.3, 0.4) is 0 Å². The second-order valence-corrected chi connectivity index (χ2v) is 5.54. The van der Waals surface area contributed by atoms with Gasteiger partial charge in [0.15, 0.2) is 0 Å². The molecule has 0 atom stereocenters. The molecule has 1 aliphatic heterocycles. The van der Waals surface area contributed by atoms with E-state index >= 15 is 0 Å². The summed E-state index contributed by atoms with van der Waals surface area (Å²) in [6, 6.07) is 10.9. The zero-order valence-electron chi connectivity index (χ0n) is 13.3. The number of methoxy groups -OCH3 is 1. The quantitative estimate of drug-likeness (QED) is 0.479. The summed E-state index contributed by atoms with van der Waals surface area (Å²) >= 11 is 0. The van der Waals surface area contributed by atoms with Crippen LogP contribution < -0.4 is 9.47 Å². The number of imide groups is 1. The predicted molar refractivity (Wildman–Crippen MR) is 86.7 cm³/mol. The number of ether oxygens (including phenoxy) is 2. The van der Waals surface area contributed by atoms with Gasteiger partial charge >= 0.3 is 5.97 Å². The summed E-state index contributed by atoms with van der Waals surface area (Å²) in [5.41, 5.74) is 0. The largest absolute Gasteiger partial charge is 0.497 e. The van der Waals surface area contributed by atoms with Gasteiger partial charge in [0.25, 0.3) is 0 Å². The molecule has 1 saturated heterocycles. The first kappa shape index (κ1) is 16.0. The van der Waals surface area contributed by atoms with E-state index in [1.807, 2.05) is 24.3 Å². The smallest absolute Gasteiger partial charge is 0.312 e.